The van der Waals surface area contributed by atoms with E-state index < -0.39 is 0 Å². The summed E-state index contributed by atoms with van der Waals surface area (Å²) in [6.07, 6.45) is 10.1. The van der Waals surface area contributed by atoms with Crippen molar-refractivity contribution in [2.45, 2.75) is 45.1 Å². The third-order valence-electron chi connectivity index (χ3n) is 2.99. The van der Waals surface area contributed by atoms with Crippen molar-refractivity contribution in [3.05, 3.63) is 0 Å². The monoisotopic (exact) mass is 225 g/mol. The number of nitriles is 1. The van der Waals surface area contributed by atoms with Gasteiger partial charge in [-0.05, 0) is 25.0 Å². The van der Waals surface area contributed by atoms with Crippen LogP contribution in [0.4, 0.5) is 0 Å². The normalized spacial score (nSPS) is 27.1. The highest BCUT2D eigenvalue weighted by atomic mass is 32.2. The lowest BCUT2D eigenvalue weighted by atomic mass is 9.84. The Labute approximate surface area is 96.3 Å². The highest BCUT2D eigenvalue weighted by Gasteiger charge is 2.20. The number of hydrogen-bond donors (Lipinski definition) is 1. The van der Waals surface area contributed by atoms with Gasteiger partial charge in [0.05, 0.1) is 6.04 Å². The molecule has 0 saturated heterocycles. The molecule has 2 atom stereocenters. The van der Waals surface area contributed by atoms with E-state index in [0.29, 0.717) is 6.04 Å². The van der Waals surface area contributed by atoms with Gasteiger partial charge in [0.1, 0.15) is 0 Å². The first kappa shape index (κ1) is 12.4. The molecule has 0 radical (unpaired) electrons. The van der Waals surface area contributed by atoms with E-state index in [2.05, 4.69) is 17.2 Å². The van der Waals surface area contributed by atoms with Crippen LogP contribution in [0.5, 0.6) is 0 Å². The number of nitrogens with one attached hydrogen (secondary N) is 1. The molecule has 1 rings (SSSR count). The van der Waals surface area contributed by atoms with Crippen LogP contribution in [-0.2, 0) is 0 Å². The van der Waals surface area contributed by atoms with Crippen molar-refractivity contribution in [3.63, 3.8) is 0 Å². The van der Waals surface area contributed by atoms with E-state index in [4.69, 9.17) is 5.26 Å². The zero-order valence-electron chi connectivity index (χ0n) is 9.49. The van der Waals surface area contributed by atoms with E-state index in [1.54, 1.807) is 0 Å². The van der Waals surface area contributed by atoms with Crippen molar-refractivity contribution in [1.82, 2.24) is 5.32 Å². The maximum Gasteiger partial charge on any atom is 0.183 e. The van der Waals surface area contributed by atoms with Gasteiger partial charge in [0.25, 0.3) is 0 Å². The van der Waals surface area contributed by atoms with Crippen LogP contribution in [0, 0.1) is 17.4 Å². The fraction of sp³-hybridized carbons (Fsp3) is 0.818. The highest BCUT2D eigenvalue weighted by Crippen LogP contribution is 2.28. The molecule has 0 bridgehead atoms. The summed E-state index contributed by atoms with van der Waals surface area (Å²) >= 11 is 1.51. The SMILES string of the molecule is CCC1CCCC(N=C(NC#N)SC)C1. The lowest BCUT2D eigenvalue weighted by Crippen LogP contribution is -2.22. The predicted octanol–water partition coefficient (Wildman–Crippen LogP) is 2.74. The number of aliphatic imine (C=N–C) groups is 1. The lowest BCUT2D eigenvalue weighted by Gasteiger charge is -2.26. The maximum absolute atomic E-state index is 8.54. The standard InChI is InChI=1S/C11H19N3S/c1-3-9-5-4-6-10(7-9)14-11(15-2)13-8-12/h9-10H,3-7H2,1-2H3,(H,13,14). The van der Waals surface area contributed by atoms with Gasteiger partial charge in [-0.1, -0.05) is 37.9 Å². The molecule has 0 aromatic rings. The van der Waals surface area contributed by atoms with E-state index in [-0.39, 0.29) is 0 Å². The Balaban J connectivity index is 2.52. The second kappa shape index (κ2) is 6.73. The van der Waals surface area contributed by atoms with Crippen molar-refractivity contribution in [3.8, 4) is 6.19 Å². The number of hydrogen-bond acceptors (Lipinski definition) is 3. The second-order valence-corrected chi connectivity index (χ2v) is 4.76. The van der Waals surface area contributed by atoms with Gasteiger partial charge in [-0.3, -0.25) is 10.3 Å². The number of thioether (sulfide) groups is 1. The molecule has 4 heteroatoms. The van der Waals surface area contributed by atoms with Gasteiger partial charge >= 0.3 is 0 Å². The summed E-state index contributed by atoms with van der Waals surface area (Å²) in [5.41, 5.74) is 0. The third-order valence-corrected chi connectivity index (χ3v) is 3.58. The van der Waals surface area contributed by atoms with Gasteiger partial charge in [-0.15, -0.1) is 0 Å². The molecule has 0 aromatic heterocycles. The van der Waals surface area contributed by atoms with Crippen molar-refractivity contribution in [1.29, 1.82) is 5.26 Å². The largest absolute Gasteiger partial charge is 0.272 e. The van der Waals surface area contributed by atoms with Crippen LogP contribution in [0.2, 0.25) is 0 Å². The van der Waals surface area contributed by atoms with Gasteiger partial charge in [0.15, 0.2) is 11.4 Å². The van der Waals surface area contributed by atoms with Crippen molar-refractivity contribution < 1.29 is 0 Å². The zero-order valence-corrected chi connectivity index (χ0v) is 10.3. The average Bonchev–Trinajstić information content (AvgIpc) is 2.29. The third kappa shape index (κ3) is 4.13. The number of amidine groups is 1. The fourth-order valence-electron chi connectivity index (χ4n) is 2.10. The van der Waals surface area contributed by atoms with Crippen LogP contribution in [0.1, 0.15) is 39.0 Å². The summed E-state index contributed by atoms with van der Waals surface area (Å²) in [4.78, 5) is 4.59. The minimum Gasteiger partial charge on any atom is -0.272 e. The zero-order chi connectivity index (χ0) is 11.1. The van der Waals surface area contributed by atoms with Crippen LogP contribution in [0.25, 0.3) is 0 Å². The minimum atomic E-state index is 0.423. The van der Waals surface area contributed by atoms with Crippen LogP contribution in [-0.4, -0.2) is 17.5 Å². The quantitative estimate of drug-likeness (QED) is 0.340. The Bertz CT molecular complexity index is 257. The molecule has 1 fully saturated rings. The van der Waals surface area contributed by atoms with Crippen LogP contribution in [0.15, 0.2) is 4.99 Å². The van der Waals surface area contributed by atoms with Crippen molar-refractivity contribution in [2.75, 3.05) is 6.26 Å². The predicted molar refractivity (Wildman–Crippen MR) is 65.7 cm³/mol. The molecule has 1 aliphatic carbocycles. The molecule has 0 aliphatic heterocycles. The minimum absolute atomic E-state index is 0.423. The maximum atomic E-state index is 8.54. The van der Waals surface area contributed by atoms with E-state index in [9.17, 15) is 0 Å². The van der Waals surface area contributed by atoms with E-state index in [0.717, 1.165) is 11.1 Å². The number of nitrogens with zero attached hydrogens (tertiary/aromatic N) is 2. The van der Waals surface area contributed by atoms with Gasteiger partial charge in [0.2, 0.25) is 0 Å². The Morgan fingerprint density at radius 3 is 3.00 bits per heavy atom. The summed E-state index contributed by atoms with van der Waals surface area (Å²) in [6.45, 7) is 2.25. The van der Waals surface area contributed by atoms with Crippen LogP contribution in [0.3, 0.4) is 0 Å². The summed E-state index contributed by atoms with van der Waals surface area (Å²) in [5, 5.41) is 11.9. The summed E-state index contributed by atoms with van der Waals surface area (Å²) in [6, 6.07) is 0.423. The fourth-order valence-corrected chi connectivity index (χ4v) is 2.50. The van der Waals surface area contributed by atoms with Gasteiger partial charge < -0.3 is 0 Å². The Hall–Kier alpha value is -0.690. The number of rotatable bonds is 2. The summed E-state index contributed by atoms with van der Waals surface area (Å²) < 4.78 is 0. The topological polar surface area (TPSA) is 48.2 Å². The molecule has 0 aromatic carbocycles. The molecule has 15 heavy (non-hydrogen) atoms. The molecule has 0 spiro atoms. The van der Waals surface area contributed by atoms with Gasteiger partial charge in [-0.2, -0.15) is 5.26 Å². The molecule has 1 aliphatic rings. The van der Waals surface area contributed by atoms with Gasteiger partial charge in [0, 0.05) is 0 Å². The molecule has 0 amide bonds. The first-order chi connectivity index (χ1) is 7.30. The lowest BCUT2D eigenvalue weighted by molar-refractivity contribution is 0.316. The molecule has 1 N–H and O–H groups in total. The van der Waals surface area contributed by atoms with E-state index >= 15 is 0 Å². The average molecular weight is 225 g/mol. The molecular formula is C11H19N3S. The van der Waals surface area contributed by atoms with Crippen LogP contribution >= 0.6 is 11.8 Å². The summed E-state index contributed by atoms with van der Waals surface area (Å²) in [7, 11) is 0. The summed E-state index contributed by atoms with van der Waals surface area (Å²) in [5.74, 6) is 0.831. The van der Waals surface area contributed by atoms with Crippen molar-refractivity contribution >= 4 is 16.9 Å². The van der Waals surface area contributed by atoms with Crippen LogP contribution < -0.4 is 5.32 Å². The van der Waals surface area contributed by atoms with E-state index in [1.807, 2.05) is 12.4 Å². The Morgan fingerprint density at radius 2 is 2.40 bits per heavy atom. The Kier molecular flexibility index (Phi) is 5.56. The van der Waals surface area contributed by atoms with E-state index in [1.165, 1.54) is 43.9 Å². The smallest absolute Gasteiger partial charge is 0.183 e. The Morgan fingerprint density at radius 1 is 1.60 bits per heavy atom. The molecule has 3 nitrogen and oxygen atoms in total. The first-order valence-corrected chi connectivity index (χ1v) is 6.79. The highest BCUT2D eigenvalue weighted by molar-refractivity contribution is 8.13. The molecule has 0 heterocycles. The van der Waals surface area contributed by atoms with Gasteiger partial charge in [-0.25, -0.2) is 0 Å². The second-order valence-electron chi connectivity index (χ2n) is 3.97. The van der Waals surface area contributed by atoms with Crippen molar-refractivity contribution in [2.24, 2.45) is 10.9 Å². The molecule has 84 valence electrons. The molecule has 2 unspecified atom stereocenters. The molecular weight excluding hydrogens is 206 g/mol. The molecule has 1 saturated carbocycles. The first-order valence-electron chi connectivity index (χ1n) is 5.57.